The van der Waals surface area contributed by atoms with Crippen LogP contribution in [0.3, 0.4) is 0 Å². The lowest BCUT2D eigenvalue weighted by atomic mass is 9.99. The first-order chi connectivity index (χ1) is 9.52. The van der Waals surface area contributed by atoms with E-state index in [1.165, 1.54) is 32.1 Å². The molecule has 120 valence electrons. The molecule has 1 unspecified atom stereocenters. The Balaban J connectivity index is 3.41. The number of carbonyl (C=O) groups excluding carboxylic acids is 1. The number of hydrogen-bond donors (Lipinski definition) is 2. The smallest absolute Gasteiger partial charge is 0.305 e. The molecule has 0 saturated carbocycles. The lowest BCUT2D eigenvalue weighted by Gasteiger charge is -2.21. The van der Waals surface area contributed by atoms with Gasteiger partial charge in [0.15, 0.2) is 0 Å². The van der Waals surface area contributed by atoms with Gasteiger partial charge in [-0.3, -0.25) is 4.79 Å². The maximum atomic E-state index is 11.5. The maximum absolute atomic E-state index is 11.5. The van der Waals surface area contributed by atoms with Crippen molar-refractivity contribution >= 4 is 5.97 Å². The summed E-state index contributed by atoms with van der Waals surface area (Å²) < 4.78 is 5.09. The van der Waals surface area contributed by atoms with Crippen LogP contribution >= 0.6 is 0 Å². The van der Waals surface area contributed by atoms with Crippen LogP contribution in [0.4, 0.5) is 0 Å². The summed E-state index contributed by atoms with van der Waals surface area (Å²) in [6.45, 7) is 4.02. The molecule has 0 aromatic carbocycles. The summed E-state index contributed by atoms with van der Waals surface area (Å²) in [7, 11) is 0. The third kappa shape index (κ3) is 12.4. The predicted octanol–water partition coefficient (Wildman–Crippen LogP) is 3.19. The third-order valence-electron chi connectivity index (χ3n) is 3.54. The quantitative estimate of drug-likeness (QED) is 0.403. The first-order valence-corrected chi connectivity index (χ1v) is 8.00. The minimum absolute atomic E-state index is 0.0566. The van der Waals surface area contributed by atoms with Crippen LogP contribution in [0, 0.1) is 0 Å². The average molecular weight is 288 g/mol. The van der Waals surface area contributed by atoms with Gasteiger partial charge in [0, 0.05) is 19.4 Å². The molecule has 0 rings (SSSR count). The summed E-state index contributed by atoms with van der Waals surface area (Å²) in [6, 6.07) is 0. The fourth-order valence-corrected chi connectivity index (χ4v) is 2.05. The van der Waals surface area contributed by atoms with Gasteiger partial charge in [0.1, 0.15) is 0 Å². The Morgan fingerprint density at radius 3 is 2.25 bits per heavy atom. The van der Waals surface area contributed by atoms with Crippen molar-refractivity contribution in [2.45, 2.75) is 83.7 Å². The maximum Gasteiger partial charge on any atom is 0.305 e. The second-order valence-corrected chi connectivity index (χ2v) is 5.81. The summed E-state index contributed by atoms with van der Waals surface area (Å²) >= 11 is 0. The molecule has 0 spiro atoms. The Bertz CT molecular complexity index is 239. The van der Waals surface area contributed by atoms with Crippen molar-refractivity contribution < 1.29 is 19.7 Å². The van der Waals surface area contributed by atoms with Crippen LogP contribution in [0.5, 0.6) is 0 Å². The molecule has 0 bridgehead atoms. The van der Waals surface area contributed by atoms with Crippen LogP contribution in [0.15, 0.2) is 0 Å². The predicted molar refractivity (Wildman–Crippen MR) is 80.5 cm³/mol. The molecule has 20 heavy (non-hydrogen) atoms. The van der Waals surface area contributed by atoms with Crippen molar-refractivity contribution in [2.75, 3.05) is 13.2 Å². The van der Waals surface area contributed by atoms with E-state index in [0.29, 0.717) is 19.3 Å². The van der Waals surface area contributed by atoms with Gasteiger partial charge in [0.05, 0.1) is 12.2 Å². The average Bonchev–Trinajstić information content (AvgIpc) is 2.37. The molecule has 0 radical (unpaired) electrons. The zero-order valence-corrected chi connectivity index (χ0v) is 13.2. The minimum atomic E-state index is -0.950. The summed E-state index contributed by atoms with van der Waals surface area (Å²) in [5.74, 6) is -0.182. The molecule has 0 aromatic heterocycles. The first kappa shape index (κ1) is 19.4. The molecule has 0 aliphatic heterocycles. The highest BCUT2D eigenvalue weighted by Gasteiger charge is 2.19. The van der Waals surface area contributed by atoms with Gasteiger partial charge >= 0.3 is 5.97 Å². The Morgan fingerprint density at radius 1 is 1.05 bits per heavy atom. The highest BCUT2D eigenvalue weighted by Crippen LogP contribution is 2.14. The topological polar surface area (TPSA) is 66.8 Å². The van der Waals surface area contributed by atoms with Gasteiger partial charge in [-0.25, -0.2) is 0 Å². The van der Waals surface area contributed by atoms with E-state index in [1.54, 1.807) is 6.92 Å². The molecule has 0 aromatic rings. The fraction of sp³-hybridized carbons (Fsp3) is 0.938. The van der Waals surface area contributed by atoms with E-state index in [4.69, 9.17) is 9.84 Å². The molecule has 1 atom stereocenters. The van der Waals surface area contributed by atoms with Crippen molar-refractivity contribution in [3.63, 3.8) is 0 Å². The molecule has 4 heteroatoms. The second-order valence-electron chi connectivity index (χ2n) is 5.81. The van der Waals surface area contributed by atoms with Crippen LogP contribution in [0.2, 0.25) is 0 Å². The lowest BCUT2D eigenvalue weighted by Crippen LogP contribution is -2.27. The summed E-state index contributed by atoms with van der Waals surface area (Å²) in [6.07, 6.45) is 9.42. The molecule has 0 fully saturated rings. The number of carbonyl (C=O) groups is 1. The normalized spacial score (nSPS) is 14.0. The number of rotatable bonds is 13. The monoisotopic (exact) mass is 288 g/mol. The second kappa shape index (κ2) is 12.2. The highest BCUT2D eigenvalue weighted by atomic mass is 16.5. The summed E-state index contributed by atoms with van der Waals surface area (Å²) in [5, 5.41) is 18.6. The van der Waals surface area contributed by atoms with Crippen LogP contribution in [0.25, 0.3) is 0 Å². The van der Waals surface area contributed by atoms with Crippen LogP contribution in [-0.2, 0) is 9.53 Å². The van der Waals surface area contributed by atoms with Gasteiger partial charge in [-0.2, -0.15) is 0 Å². The standard InChI is InChI=1S/C16H32O4/c1-3-4-5-6-7-8-9-10-15(18)20-14-12-16(2,19)11-13-17/h17,19H,3-14H2,1-2H3. The molecular weight excluding hydrogens is 256 g/mol. The van der Waals surface area contributed by atoms with Crippen molar-refractivity contribution in [2.24, 2.45) is 0 Å². The first-order valence-electron chi connectivity index (χ1n) is 8.00. The molecule has 0 aliphatic rings. The Kier molecular flexibility index (Phi) is 11.8. The zero-order chi connectivity index (χ0) is 15.3. The molecule has 4 nitrogen and oxygen atoms in total. The molecule has 2 N–H and O–H groups in total. The van der Waals surface area contributed by atoms with Gasteiger partial charge in [0.2, 0.25) is 0 Å². The SMILES string of the molecule is CCCCCCCCCC(=O)OCCC(C)(O)CCO. The van der Waals surface area contributed by atoms with Gasteiger partial charge in [0.25, 0.3) is 0 Å². The van der Waals surface area contributed by atoms with Gasteiger partial charge < -0.3 is 14.9 Å². The molecular formula is C16H32O4. The molecule has 0 aliphatic carbocycles. The van der Waals surface area contributed by atoms with Crippen LogP contribution < -0.4 is 0 Å². The molecule has 0 heterocycles. The van der Waals surface area contributed by atoms with E-state index in [-0.39, 0.29) is 19.2 Å². The number of ether oxygens (including phenoxy) is 1. The van der Waals surface area contributed by atoms with Crippen molar-refractivity contribution in [1.82, 2.24) is 0 Å². The number of aliphatic hydroxyl groups is 2. The summed E-state index contributed by atoms with van der Waals surface area (Å²) in [5.41, 5.74) is -0.950. The van der Waals surface area contributed by atoms with E-state index in [1.807, 2.05) is 0 Å². The lowest BCUT2D eigenvalue weighted by molar-refractivity contribution is -0.145. The van der Waals surface area contributed by atoms with Crippen molar-refractivity contribution in [1.29, 1.82) is 0 Å². The fourth-order valence-electron chi connectivity index (χ4n) is 2.05. The largest absolute Gasteiger partial charge is 0.466 e. The van der Waals surface area contributed by atoms with E-state index < -0.39 is 5.60 Å². The third-order valence-corrected chi connectivity index (χ3v) is 3.54. The van der Waals surface area contributed by atoms with Crippen molar-refractivity contribution in [3.8, 4) is 0 Å². The molecule has 0 amide bonds. The van der Waals surface area contributed by atoms with Gasteiger partial charge in [-0.1, -0.05) is 45.4 Å². The Morgan fingerprint density at radius 2 is 1.65 bits per heavy atom. The minimum Gasteiger partial charge on any atom is -0.466 e. The Hall–Kier alpha value is -0.610. The molecule has 0 saturated heterocycles. The van der Waals surface area contributed by atoms with Crippen LogP contribution in [0.1, 0.15) is 78.1 Å². The highest BCUT2D eigenvalue weighted by molar-refractivity contribution is 5.69. The van der Waals surface area contributed by atoms with E-state index in [9.17, 15) is 9.90 Å². The number of esters is 1. The van der Waals surface area contributed by atoms with Crippen molar-refractivity contribution in [3.05, 3.63) is 0 Å². The number of aliphatic hydroxyl groups excluding tert-OH is 1. The number of unbranched alkanes of at least 4 members (excludes halogenated alkanes) is 6. The van der Waals surface area contributed by atoms with Gasteiger partial charge in [-0.15, -0.1) is 0 Å². The van der Waals surface area contributed by atoms with Crippen LogP contribution in [-0.4, -0.2) is 35.0 Å². The summed E-state index contributed by atoms with van der Waals surface area (Å²) in [4.78, 5) is 11.5. The van der Waals surface area contributed by atoms with E-state index in [2.05, 4.69) is 6.92 Å². The zero-order valence-electron chi connectivity index (χ0n) is 13.2. The van der Waals surface area contributed by atoms with Gasteiger partial charge in [-0.05, 0) is 19.8 Å². The number of hydrogen-bond acceptors (Lipinski definition) is 4. The van der Waals surface area contributed by atoms with E-state index >= 15 is 0 Å². The van der Waals surface area contributed by atoms with E-state index in [0.717, 1.165) is 12.8 Å². The Labute approximate surface area is 123 Å².